The summed E-state index contributed by atoms with van der Waals surface area (Å²) < 4.78 is 0. The lowest BCUT2D eigenvalue weighted by Gasteiger charge is -2.32. The Morgan fingerprint density at radius 1 is 1.26 bits per heavy atom. The number of hydrogen-bond acceptors (Lipinski definition) is 2. The molecule has 19 heavy (non-hydrogen) atoms. The Balaban J connectivity index is 2.03. The molecule has 0 radical (unpaired) electrons. The van der Waals surface area contributed by atoms with Gasteiger partial charge < -0.3 is 10.4 Å². The van der Waals surface area contributed by atoms with Crippen LogP contribution in [-0.4, -0.2) is 17.1 Å². The maximum absolute atomic E-state index is 12.2. The molecule has 3 atom stereocenters. The van der Waals surface area contributed by atoms with Crippen LogP contribution in [0.25, 0.3) is 0 Å². The number of phenols is 1. The summed E-state index contributed by atoms with van der Waals surface area (Å²) in [5, 5.41) is 12.8. The Labute approximate surface area is 115 Å². The number of aryl methyl sites for hydroxylation is 1. The molecule has 104 valence electrons. The number of carbonyl (C=O) groups is 1. The third-order valence-corrected chi connectivity index (χ3v) is 4.33. The van der Waals surface area contributed by atoms with Crippen LogP contribution in [0.1, 0.15) is 49.0 Å². The van der Waals surface area contributed by atoms with Crippen LogP contribution in [0.3, 0.4) is 0 Å². The van der Waals surface area contributed by atoms with Gasteiger partial charge in [-0.15, -0.1) is 0 Å². The fourth-order valence-electron chi connectivity index (χ4n) is 2.77. The van der Waals surface area contributed by atoms with E-state index in [9.17, 15) is 9.90 Å². The molecular weight excluding hydrogens is 238 g/mol. The number of nitrogens with one attached hydrogen (secondary N) is 1. The van der Waals surface area contributed by atoms with Crippen LogP contribution in [0.2, 0.25) is 0 Å². The molecule has 0 aromatic heterocycles. The van der Waals surface area contributed by atoms with Gasteiger partial charge in [0.25, 0.3) is 5.91 Å². The first-order valence-corrected chi connectivity index (χ1v) is 7.08. The Hall–Kier alpha value is -1.51. The van der Waals surface area contributed by atoms with Crippen molar-refractivity contribution in [2.24, 2.45) is 11.8 Å². The van der Waals surface area contributed by atoms with Crippen LogP contribution >= 0.6 is 0 Å². The predicted molar refractivity (Wildman–Crippen MR) is 76.3 cm³/mol. The minimum absolute atomic E-state index is 0.0559. The van der Waals surface area contributed by atoms with Crippen LogP contribution < -0.4 is 5.32 Å². The molecule has 0 spiro atoms. The van der Waals surface area contributed by atoms with Crippen molar-refractivity contribution in [1.29, 1.82) is 0 Å². The van der Waals surface area contributed by atoms with Crippen molar-refractivity contribution >= 4 is 5.91 Å². The molecule has 0 heterocycles. The van der Waals surface area contributed by atoms with E-state index >= 15 is 0 Å². The molecule has 3 heteroatoms. The van der Waals surface area contributed by atoms with Crippen molar-refractivity contribution in [3.8, 4) is 5.75 Å². The third kappa shape index (κ3) is 3.28. The van der Waals surface area contributed by atoms with Crippen molar-refractivity contribution in [3.05, 3.63) is 29.3 Å². The zero-order valence-corrected chi connectivity index (χ0v) is 11.9. The van der Waals surface area contributed by atoms with Crippen LogP contribution in [-0.2, 0) is 0 Å². The molecule has 2 rings (SSSR count). The summed E-state index contributed by atoms with van der Waals surface area (Å²) in [7, 11) is 0. The fourth-order valence-corrected chi connectivity index (χ4v) is 2.77. The van der Waals surface area contributed by atoms with Gasteiger partial charge >= 0.3 is 0 Å². The number of phenolic OH excluding ortho intramolecular Hbond substituents is 1. The van der Waals surface area contributed by atoms with E-state index in [-0.39, 0.29) is 17.7 Å². The topological polar surface area (TPSA) is 49.3 Å². The number of benzene rings is 1. The van der Waals surface area contributed by atoms with Crippen LogP contribution in [0.15, 0.2) is 18.2 Å². The minimum Gasteiger partial charge on any atom is -0.507 e. The molecule has 1 saturated carbocycles. The summed E-state index contributed by atoms with van der Waals surface area (Å²) in [4.78, 5) is 12.2. The third-order valence-electron chi connectivity index (χ3n) is 4.33. The molecule has 3 unspecified atom stereocenters. The van der Waals surface area contributed by atoms with Gasteiger partial charge in [0.15, 0.2) is 0 Å². The van der Waals surface area contributed by atoms with E-state index in [0.717, 1.165) is 30.7 Å². The number of amides is 1. The lowest BCUT2D eigenvalue weighted by atomic mass is 9.79. The van der Waals surface area contributed by atoms with Gasteiger partial charge in [0.2, 0.25) is 0 Å². The van der Waals surface area contributed by atoms with Gasteiger partial charge in [-0.2, -0.15) is 0 Å². The van der Waals surface area contributed by atoms with E-state index in [4.69, 9.17) is 0 Å². The van der Waals surface area contributed by atoms with Gasteiger partial charge in [-0.3, -0.25) is 4.79 Å². The number of hydrogen-bond donors (Lipinski definition) is 2. The van der Waals surface area contributed by atoms with Crippen molar-refractivity contribution in [2.75, 3.05) is 0 Å². The number of carbonyl (C=O) groups excluding carboxylic acids is 1. The molecule has 0 aliphatic heterocycles. The van der Waals surface area contributed by atoms with Crippen LogP contribution in [0.5, 0.6) is 5.75 Å². The van der Waals surface area contributed by atoms with Crippen LogP contribution in [0.4, 0.5) is 0 Å². The Bertz CT molecular complexity index is 470. The first kappa shape index (κ1) is 13.9. The molecule has 1 aliphatic rings. The highest BCUT2D eigenvalue weighted by atomic mass is 16.3. The second-order valence-electron chi connectivity index (χ2n) is 5.96. The zero-order valence-electron chi connectivity index (χ0n) is 11.9. The highest BCUT2D eigenvalue weighted by Gasteiger charge is 2.26. The first-order valence-electron chi connectivity index (χ1n) is 7.08. The summed E-state index contributed by atoms with van der Waals surface area (Å²) in [6.45, 7) is 6.43. The predicted octanol–water partition coefficient (Wildman–Crippen LogP) is 3.26. The molecule has 1 amide bonds. The second kappa shape index (κ2) is 5.64. The summed E-state index contributed by atoms with van der Waals surface area (Å²) >= 11 is 0. The molecule has 1 aromatic rings. The molecule has 0 bridgehead atoms. The molecule has 1 aromatic carbocycles. The molecule has 3 nitrogen and oxygen atoms in total. The van der Waals surface area contributed by atoms with Crippen molar-refractivity contribution in [3.63, 3.8) is 0 Å². The van der Waals surface area contributed by atoms with E-state index in [1.54, 1.807) is 18.2 Å². The largest absolute Gasteiger partial charge is 0.507 e. The molecule has 0 saturated heterocycles. The number of aromatic hydroxyl groups is 1. The molecule has 1 aliphatic carbocycles. The van der Waals surface area contributed by atoms with Gasteiger partial charge in [0.05, 0.1) is 5.56 Å². The summed E-state index contributed by atoms with van der Waals surface area (Å²) in [5.41, 5.74) is 1.36. The normalized spacial score (nSPS) is 27.0. The highest BCUT2D eigenvalue weighted by Crippen LogP contribution is 2.29. The maximum Gasteiger partial charge on any atom is 0.255 e. The van der Waals surface area contributed by atoms with Gasteiger partial charge in [0, 0.05) is 6.04 Å². The van der Waals surface area contributed by atoms with E-state index in [1.807, 2.05) is 6.92 Å². The van der Waals surface area contributed by atoms with Crippen molar-refractivity contribution in [1.82, 2.24) is 5.32 Å². The molecule has 2 N–H and O–H groups in total. The van der Waals surface area contributed by atoms with Gasteiger partial charge in [-0.05, 0) is 50.2 Å². The van der Waals surface area contributed by atoms with Crippen molar-refractivity contribution in [2.45, 2.75) is 46.1 Å². The lowest BCUT2D eigenvalue weighted by Crippen LogP contribution is -2.39. The van der Waals surface area contributed by atoms with Gasteiger partial charge in [-0.25, -0.2) is 0 Å². The smallest absolute Gasteiger partial charge is 0.255 e. The lowest BCUT2D eigenvalue weighted by molar-refractivity contribution is 0.0908. The maximum atomic E-state index is 12.2. The zero-order chi connectivity index (χ0) is 14.0. The standard InChI is InChI=1S/C16H23NO2/c1-10-4-7-15(18)14(8-10)16(19)17-13-6-5-11(2)12(3)9-13/h4,7-8,11-13,18H,5-6,9H2,1-3H3,(H,17,19). The average molecular weight is 261 g/mol. The summed E-state index contributed by atoms with van der Waals surface area (Å²) in [6, 6.07) is 5.35. The van der Waals surface area contributed by atoms with E-state index in [2.05, 4.69) is 19.2 Å². The van der Waals surface area contributed by atoms with E-state index in [0.29, 0.717) is 11.5 Å². The van der Waals surface area contributed by atoms with Crippen LogP contribution in [0, 0.1) is 18.8 Å². The molecular formula is C16H23NO2. The quantitative estimate of drug-likeness (QED) is 0.858. The number of rotatable bonds is 2. The van der Waals surface area contributed by atoms with E-state index in [1.165, 1.54) is 0 Å². The molecule has 1 fully saturated rings. The first-order chi connectivity index (χ1) is 8.97. The second-order valence-corrected chi connectivity index (χ2v) is 5.96. The Morgan fingerprint density at radius 2 is 2.00 bits per heavy atom. The Morgan fingerprint density at radius 3 is 2.68 bits per heavy atom. The minimum atomic E-state index is -0.159. The average Bonchev–Trinajstić information content (AvgIpc) is 2.36. The van der Waals surface area contributed by atoms with Gasteiger partial charge in [0.1, 0.15) is 5.75 Å². The summed E-state index contributed by atoms with van der Waals surface area (Å²) in [6.07, 6.45) is 3.22. The van der Waals surface area contributed by atoms with Crippen molar-refractivity contribution < 1.29 is 9.90 Å². The SMILES string of the molecule is Cc1ccc(O)c(C(=O)NC2CCC(C)C(C)C2)c1. The highest BCUT2D eigenvalue weighted by molar-refractivity contribution is 5.97. The Kier molecular flexibility index (Phi) is 4.13. The van der Waals surface area contributed by atoms with Gasteiger partial charge in [-0.1, -0.05) is 25.5 Å². The monoisotopic (exact) mass is 261 g/mol. The van der Waals surface area contributed by atoms with E-state index < -0.39 is 0 Å². The summed E-state index contributed by atoms with van der Waals surface area (Å²) in [5.74, 6) is 1.28. The fraction of sp³-hybridized carbons (Fsp3) is 0.562.